The van der Waals surface area contributed by atoms with Gasteiger partial charge in [-0.3, -0.25) is 0 Å². The molecule has 5 nitrogen and oxygen atoms in total. The zero-order chi connectivity index (χ0) is 13.1. The Morgan fingerprint density at radius 2 is 2.24 bits per heavy atom. The molecule has 1 unspecified atom stereocenters. The summed E-state index contributed by atoms with van der Waals surface area (Å²) in [5.41, 5.74) is 5.42. The van der Waals surface area contributed by atoms with Crippen molar-refractivity contribution >= 4 is 27.4 Å². The van der Waals surface area contributed by atoms with Gasteiger partial charge in [-0.15, -0.1) is 0 Å². The lowest BCUT2D eigenvalue weighted by Crippen LogP contribution is -2.32. The molecule has 96 valence electrons. The fraction of sp³-hybridized carbons (Fsp3) is 0.500. The van der Waals surface area contributed by atoms with Gasteiger partial charge in [0.05, 0.1) is 5.02 Å². The molecule has 0 aliphatic heterocycles. The summed E-state index contributed by atoms with van der Waals surface area (Å²) in [7, 11) is -3.57. The molecule has 0 aliphatic rings. The first-order chi connectivity index (χ1) is 7.86. The Balaban J connectivity index is 2.93. The Bertz CT molecular complexity index is 490. The van der Waals surface area contributed by atoms with Crippen molar-refractivity contribution in [3.8, 4) is 0 Å². The van der Waals surface area contributed by atoms with E-state index >= 15 is 0 Å². The minimum Gasteiger partial charge on any atom is -0.382 e. The van der Waals surface area contributed by atoms with Gasteiger partial charge in [-0.05, 0) is 19.4 Å². The molecule has 1 aromatic heterocycles. The van der Waals surface area contributed by atoms with Crippen molar-refractivity contribution in [3.63, 3.8) is 0 Å². The van der Waals surface area contributed by atoms with E-state index in [4.69, 9.17) is 17.3 Å². The number of nitrogens with one attached hydrogen (secondary N) is 1. The first-order valence-corrected chi connectivity index (χ1v) is 7.16. The van der Waals surface area contributed by atoms with Crippen LogP contribution in [0.25, 0.3) is 0 Å². The molecule has 1 heterocycles. The maximum Gasteiger partial charge on any atom is 0.242 e. The molecule has 0 bridgehead atoms. The number of aromatic nitrogens is 1. The van der Waals surface area contributed by atoms with Crippen molar-refractivity contribution < 1.29 is 8.42 Å². The van der Waals surface area contributed by atoms with Crippen LogP contribution < -0.4 is 10.5 Å². The summed E-state index contributed by atoms with van der Waals surface area (Å²) in [5.74, 6) is 0.118. The minimum absolute atomic E-state index is 0.0275. The topological polar surface area (TPSA) is 85.1 Å². The molecular weight excluding hydrogens is 262 g/mol. The van der Waals surface area contributed by atoms with Crippen molar-refractivity contribution in [3.05, 3.63) is 17.3 Å². The van der Waals surface area contributed by atoms with Crippen LogP contribution in [0, 0.1) is 0 Å². The van der Waals surface area contributed by atoms with Crippen LogP contribution in [0.5, 0.6) is 0 Å². The van der Waals surface area contributed by atoms with Gasteiger partial charge in [0.25, 0.3) is 0 Å². The Morgan fingerprint density at radius 1 is 1.59 bits per heavy atom. The van der Waals surface area contributed by atoms with E-state index < -0.39 is 10.0 Å². The highest BCUT2D eigenvalue weighted by atomic mass is 35.5. The lowest BCUT2D eigenvalue weighted by atomic mass is 10.2. The molecule has 0 spiro atoms. The number of pyridine rings is 1. The standard InChI is InChI=1S/C10H16ClN3O2S/c1-3-4-7(2)14-17(15,16)8-5-9(11)10(12)13-6-8/h5-7,14H,3-4H2,1-2H3,(H2,12,13). The number of hydrogen-bond donors (Lipinski definition) is 2. The second-order valence-electron chi connectivity index (χ2n) is 3.85. The second kappa shape index (κ2) is 5.66. The van der Waals surface area contributed by atoms with Crippen LogP contribution >= 0.6 is 11.6 Å². The van der Waals surface area contributed by atoms with Crippen LogP contribution in [0.4, 0.5) is 5.82 Å². The van der Waals surface area contributed by atoms with Crippen LogP contribution in [0.2, 0.25) is 5.02 Å². The van der Waals surface area contributed by atoms with Gasteiger partial charge in [0.15, 0.2) is 0 Å². The number of nitrogen functional groups attached to an aromatic ring is 1. The van der Waals surface area contributed by atoms with E-state index in [0.717, 1.165) is 12.8 Å². The number of rotatable bonds is 5. The Labute approximate surface area is 106 Å². The highest BCUT2D eigenvalue weighted by Gasteiger charge is 2.18. The largest absolute Gasteiger partial charge is 0.382 e. The van der Waals surface area contributed by atoms with Crippen LogP contribution in [0.1, 0.15) is 26.7 Å². The fourth-order valence-corrected chi connectivity index (χ4v) is 2.88. The molecule has 0 radical (unpaired) electrons. The molecule has 1 atom stereocenters. The maximum absolute atomic E-state index is 11.9. The fourth-order valence-electron chi connectivity index (χ4n) is 1.40. The third-order valence-corrected chi connectivity index (χ3v) is 4.09. The number of halogens is 1. The maximum atomic E-state index is 11.9. The highest BCUT2D eigenvalue weighted by Crippen LogP contribution is 2.20. The number of sulfonamides is 1. The molecule has 0 saturated carbocycles. The summed E-state index contributed by atoms with van der Waals surface area (Å²) >= 11 is 5.74. The molecule has 0 fully saturated rings. The van der Waals surface area contributed by atoms with Gasteiger partial charge in [-0.25, -0.2) is 18.1 Å². The van der Waals surface area contributed by atoms with Crippen LogP contribution in [0.3, 0.4) is 0 Å². The first kappa shape index (κ1) is 14.2. The van der Waals surface area contributed by atoms with Crippen LogP contribution in [-0.2, 0) is 10.0 Å². The van der Waals surface area contributed by atoms with Gasteiger partial charge in [-0.2, -0.15) is 0 Å². The van der Waals surface area contributed by atoms with E-state index in [-0.39, 0.29) is 21.8 Å². The molecule has 3 N–H and O–H groups in total. The molecule has 7 heteroatoms. The van der Waals surface area contributed by atoms with Crippen molar-refractivity contribution in [1.29, 1.82) is 0 Å². The number of hydrogen-bond acceptors (Lipinski definition) is 4. The average molecular weight is 278 g/mol. The average Bonchev–Trinajstić information content (AvgIpc) is 2.21. The highest BCUT2D eigenvalue weighted by molar-refractivity contribution is 7.89. The Morgan fingerprint density at radius 3 is 2.76 bits per heavy atom. The SMILES string of the molecule is CCCC(C)NS(=O)(=O)c1cnc(N)c(Cl)c1. The van der Waals surface area contributed by atoms with E-state index in [0.29, 0.717) is 0 Å². The molecule has 1 rings (SSSR count). The second-order valence-corrected chi connectivity index (χ2v) is 5.97. The van der Waals surface area contributed by atoms with Gasteiger partial charge < -0.3 is 5.73 Å². The molecule has 0 saturated heterocycles. The van der Waals surface area contributed by atoms with E-state index in [2.05, 4.69) is 9.71 Å². The van der Waals surface area contributed by atoms with Crippen molar-refractivity contribution in [2.45, 2.75) is 37.6 Å². The Kier molecular flexibility index (Phi) is 4.73. The van der Waals surface area contributed by atoms with Gasteiger partial charge in [-0.1, -0.05) is 24.9 Å². The molecule has 0 aromatic carbocycles. The van der Waals surface area contributed by atoms with Gasteiger partial charge >= 0.3 is 0 Å². The van der Waals surface area contributed by atoms with E-state index in [9.17, 15) is 8.42 Å². The van der Waals surface area contributed by atoms with E-state index in [1.807, 2.05) is 13.8 Å². The summed E-state index contributed by atoms with van der Waals surface area (Å²) in [6.45, 7) is 3.81. The van der Waals surface area contributed by atoms with Crippen LogP contribution in [0.15, 0.2) is 17.2 Å². The summed E-state index contributed by atoms with van der Waals surface area (Å²) in [6.07, 6.45) is 2.88. The zero-order valence-electron chi connectivity index (χ0n) is 9.77. The number of nitrogens with two attached hydrogens (primary N) is 1. The predicted molar refractivity (Wildman–Crippen MR) is 68.4 cm³/mol. The van der Waals surface area contributed by atoms with E-state index in [1.165, 1.54) is 12.3 Å². The summed E-state index contributed by atoms with van der Waals surface area (Å²) in [5, 5.41) is 0.135. The molecule has 0 amide bonds. The van der Waals surface area contributed by atoms with Crippen molar-refractivity contribution in [2.75, 3.05) is 5.73 Å². The van der Waals surface area contributed by atoms with Gasteiger partial charge in [0, 0.05) is 12.2 Å². The molecule has 17 heavy (non-hydrogen) atoms. The lowest BCUT2D eigenvalue weighted by Gasteiger charge is -2.13. The minimum atomic E-state index is -3.57. The quantitative estimate of drug-likeness (QED) is 0.859. The lowest BCUT2D eigenvalue weighted by molar-refractivity contribution is 0.543. The van der Waals surface area contributed by atoms with Gasteiger partial charge in [0.2, 0.25) is 10.0 Å². The molecule has 1 aromatic rings. The molecular formula is C10H16ClN3O2S. The zero-order valence-corrected chi connectivity index (χ0v) is 11.3. The molecule has 0 aliphatic carbocycles. The third-order valence-electron chi connectivity index (χ3n) is 2.23. The summed E-state index contributed by atoms with van der Waals surface area (Å²) < 4.78 is 26.4. The van der Waals surface area contributed by atoms with Gasteiger partial charge in [0.1, 0.15) is 10.7 Å². The normalized spacial score (nSPS) is 13.6. The Hall–Kier alpha value is -0.850. The summed E-state index contributed by atoms with van der Waals surface area (Å²) in [4.78, 5) is 3.75. The number of anilines is 1. The smallest absolute Gasteiger partial charge is 0.242 e. The van der Waals surface area contributed by atoms with Crippen molar-refractivity contribution in [2.24, 2.45) is 0 Å². The van der Waals surface area contributed by atoms with E-state index in [1.54, 1.807) is 0 Å². The summed E-state index contributed by atoms with van der Waals surface area (Å²) in [6, 6.07) is 1.17. The number of nitrogens with zero attached hydrogens (tertiary/aromatic N) is 1. The van der Waals surface area contributed by atoms with Crippen molar-refractivity contribution in [1.82, 2.24) is 9.71 Å². The predicted octanol–water partition coefficient (Wildman–Crippen LogP) is 1.78. The monoisotopic (exact) mass is 277 g/mol. The first-order valence-electron chi connectivity index (χ1n) is 5.30. The van der Waals surface area contributed by atoms with Crippen LogP contribution in [-0.4, -0.2) is 19.4 Å². The third kappa shape index (κ3) is 3.83.